The lowest BCUT2D eigenvalue weighted by Gasteiger charge is -2.27. The first-order chi connectivity index (χ1) is 15.0. The lowest BCUT2D eigenvalue weighted by atomic mass is 10.0. The van der Waals surface area contributed by atoms with Gasteiger partial charge in [-0.25, -0.2) is 0 Å². The van der Waals surface area contributed by atoms with Gasteiger partial charge in [-0.1, -0.05) is 68.3 Å². The second kappa shape index (κ2) is 11.3. The monoisotopic (exact) mass is 441 g/mol. The smallest absolute Gasteiger partial charge is 0.253 e. The van der Waals surface area contributed by atoms with Crippen LogP contribution in [0.3, 0.4) is 0 Å². The molecule has 5 nitrogen and oxygen atoms in total. The number of nitrogens with zero attached hydrogens (tertiary/aromatic N) is 1. The molecule has 1 atom stereocenters. The Balaban J connectivity index is 1.63. The number of carbonyl (C=O) groups is 2. The van der Waals surface area contributed by atoms with Crippen LogP contribution < -0.4 is 10.6 Å². The zero-order chi connectivity index (χ0) is 22.2. The molecule has 3 rings (SSSR count). The molecule has 2 amide bonds. The van der Waals surface area contributed by atoms with E-state index in [4.69, 9.17) is 11.6 Å². The third-order valence-electron chi connectivity index (χ3n) is 5.77. The second-order valence-electron chi connectivity index (χ2n) is 8.50. The standard InChI is InChI=1S/C25H32ClN3O2/c1-18(2)23(28-24(30)21-12-6-7-13-22(21)26)25(31)27-16-19-10-4-5-11-20(19)17-29-14-8-3-9-15-29/h4-7,10-13,18,23H,3,8-9,14-17H2,1-2H3,(H,27,31)(H,28,30)/t23-/m0/s1. The largest absolute Gasteiger partial charge is 0.350 e. The normalized spacial score (nSPS) is 15.5. The van der Waals surface area contributed by atoms with Gasteiger partial charge in [0.2, 0.25) is 5.91 Å². The minimum atomic E-state index is -0.641. The molecule has 1 aliphatic rings. The summed E-state index contributed by atoms with van der Waals surface area (Å²) in [4.78, 5) is 28.1. The van der Waals surface area contributed by atoms with Gasteiger partial charge in [-0.15, -0.1) is 0 Å². The number of benzene rings is 2. The fraction of sp³-hybridized carbons (Fsp3) is 0.440. The molecule has 1 fully saturated rings. The molecule has 6 heteroatoms. The first-order valence-corrected chi connectivity index (χ1v) is 11.5. The fourth-order valence-corrected chi connectivity index (χ4v) is 4.16. The van der Waals surface area contributed by atoms with Gasteiger partial charge >= 0.3 is 0 Å². The SMILES string of the molecule is CC(C)[C@H](NC(=O)c1ccccc1Cl)C(=O)NCc1ccccc1CN1CCCCC1. The highest BCUT2D eigenvalue weighted by molar-refractivity contribution is 6.33. The predicted molar refractivity (Wildman–Crippen MR) is 125 cm³/mol. The number of nitrogens with one attached hydrogen (secondary N) is 2. The van der Waals surface area contributed by atoms with Gasteiger partial charge in [0, 0.05) is 13.1 Å². The molecule has 0 radical (unpaired) electrons. The van der Waals surface area contributed by atoms with Gasteiger partial charge in [-0.2, -0.15) is 0 Å². The molecule has 0 aromatic heterocycles. The Hall–Kier alpha value is -2.37. The van der Waals surface area contributed by atoms with E-state index < -0.39 is 6.04 Å². The van der Waals surface area contributed by atoms with Gasteiger partial charge < -0.3 is 10.6 Å². The van der Waals surface area contributed by atoms with Gasteiger partial charge in [0.15, 0.2) is 0 Å². The molecule has 0 bridgehead atoms. The van der Waals surface area contributed by atoms with E-state index in [1.165, 1.54) is 24.8 Å². The Morgan fingerprint density at radius 3 is 2.29 bits per heavy atom. The van der Waals surface area contributed by atoms with Gasteiger partial charge in [0.25, 0.3) is 5.91 Å². The third-order valence-corrected chi connectivity index (χ3v) is 6.10. The zero-order valence-corrected chi connectivity index (χ0v) is 19.1. The molecule has 0 saturated carbocycles. The molecule has 0 aliphatic carbocycles. The molecule has 2 aromatic rings. The molecule has 2 N–H and O–H groups in total. The van der Waals surface area contributed by atoms with E-state index in [1.54, 1.807) is 24.3 Å². The van der Waals surface area contributed by atoms with Crippen LogP contribution in [0, 0.1) is 5.92 Å². The van der Waals surface area contributed by atoms with Crippen LogP contribution in [0.1, 0.15) is 54.6 Å². The first-order valence-electron chi connectivity index (χ1n) is 11.1. The third kappa shape index (κ3) is 6.55. The maximum atomic E-state index is 12.9. The van der Waals surface area contributed by atoms with Crippen LogP contribution in [0.2, 0.25) is 5.02 Å². The van der Waals surface area contributed by atoms with Crippen LogP contribution in [0.5, 0.6) is 0 Å². The number of likely N-dealkylation sites (tertiary alicyclic amines) is 1. The van der Waals surface area contributed by atoms with Crippen molar-refractivity contribution < 1.29 is 9.59 Å². The molecule has 0 spiro atoms. The van der Waals surface area contributed by atoms with Crippen molar-refractivity contribution in [1.29, 1.82) is 0 Å². The molecule has 2 aromatic carbocycles. The molecular formula is C25H32ClN3O2. The predicted octanol–water partition coefficient (Wildman–Crippen LogP) is 4.40. The van der Waals surface area contributed by atoms with Gasteiger partial charge in [0.1, 0.15) is 6.04 Å². The fourth-order valence-electron chi connectivity index (χ4n) is 3.93. The summed E-state index contributed by atoms with van der Waals surface area (Å²) in [5.74, 6) is -0.594. The van der Waals surface area contributed by atoms with Crippen molar-refractivity contribution in [3.63, 3.8) is 0 Å². The number of halogens is 1. The summed E-state index contributed by atoms with van der Waals surface area (Å²) in [6.45, 7) is 7.44. The van der Waals surface area contributed by atoms with Crippen molar-refractivity contribution in [2.24, 2.45) is 5.92 Å². The quantitative estimate of drug-likeness (QED) is 0.638. The van der Waals surface area contributed by atoms with Crippen LogP contribution >= 0.6 is 11.6 Å². The summed E-state index contributed by atoms with van der Waals surface area (Å²) in [5.41, 5.74) is 2.72. The number of carbonyl (C=O) groups excluding carboxylic acids is 2. The lowest BCUT2D eigenvalue weighted by molar-refractivity contribution is -0.124. The number of amides is 2. The van der Waals surface area contributed by atoms with Crippen LogP contribution in [0.15, 0.2) is 48.5 Å². The minimum absolute atomic E-state index is 0.0602. The average Bonchev–Trinajstić information content (AvgIpc) is 2.77. The maximum absolute atomic E-state index is 12.9. The van der Waals surface area contributed by atoms with Crippen molar-refractivity contribution >= 4 is 23.4 Å². The molecule has 1 saturated heterocycles. The Morgan fingerprint density at radius 1 is 0.968 bits per heavy atom. The molecule has 166 valence electrons. The maximum Gasteiger partial charge on any atom is 0.253 e. The van der Waals surface area contributed by atoms with E-state index in [-0.39, 0.29) is 17.7 Å². The minimum Gasteiger partial charge on any atom is -0.350 e. The summed E-state index contributed by atoms with van der Waals surface area (Å²) in [6.07, 6.45) is 3.81. The Morgan fingerprint density at radius 2 is 1.61 bits per heavy atom. The summed E-state index contributed by atoms with van der Waals surface area (Å²) in [5, 5.41) is 6.24. The van der Waals surface area contributed by atoms with Gasteiger partial charge in [0.05, 0.1) is 10.6 Å². The van der Waals surface area contributed by atoms with Crippen LogP contribution in [0.4, 0.5) is 0 Å². The van der Waals surface area contributed by atoms with Crippen molar-refractivity contribution in [3.05, 3.63) is 70.2 Å². The van der Waals surface area contributed by atoms with E-state index in [0.717, 1.165) is 25.2 Å². The number of hydrogen-bond acceptors (Lipinski definition) is 3. The topological polar surface area (TPSA) is 61.4 Å². The summed E-state index contributed by atoms with van der Waals surface area (Å²) < 4.78 is 0. The lowest BCUT2D eigenvalue weighted by Crippen LogP contribution is -2.49. The molecule has 31 heavy (non-hydrogen) atoms. The van der Waals surface area contributed by atoms with Crippen molar-refractivity contribution in [3.8, 4) is 0 Å². The van der Waals surface area contributed by atoms with Crippen LogP contribution in [0.25, 0.3) is 0 Å². The molecular weight excluding hydrogens is 410 g/mol. The van der Waals surface area contributed by atoms with Gasteiger partial charge in [-0.3, -0.25) is 14.5 Å². The first kappa shape index (κ1) is 23.3. The zero-order valence-electron chi connectivity index (χ0n) is 18.4. The summed E-state index contributed by atoms with van der Waals surface area (Å²) >= 11 is 6.13. The Labute approximate surface area is 190 Å². The molecule has 1 aliphatic heterocycles. The average molecular weight is 442 g/mol. The number of piperidine rings is 1. The van der Waals surface area contributed by atoms with E-state index in [1.807, 2.05) is 26.0 Å². The van der Waals surface area contributed by atoms with Crippen molar-refractivity contribution in [2.45, 2.75) is 52.2 Å². The highest BCUT2D eigenvalue weighted by Gasteiger charge is 2.25. The Kier molecular flexibility index (Phi) is 8.50. The van der Waals surface area contributed by atoms with Crippen LogP contribution in [-0.2, 0) is 17.9 Å². The summed E-state index contributed by atoms with van der Waals surface area (Å²) in [7, 11) is 0. The van der Waals surface area contributed by atoms with Crippen LogP contribution in [-0.4, -0.2) is 35.8 Å². The van der Waals surface area contributed by atoms with E-state index >= 15 is 0 Å². The van der Waals surface area contributed by atoms with E-state index in [0.29, 0.717) is 17.1 Å². The van der Waals surface area contributed by atoms with Crippen molar-refractivity contribution in [2.75, 3.05) is 13.1 Å². The number of rotatable bonds is 8. The Bertz CT molecular complexity index is 894. The molecule has 1 heterocycles. The highest BCUT2D eigenvalue weighted by Crippen LogP contribution is 2.17. The highest BCUT2D eigenvalue weighted by atomic mass is 35.5. The van der Waals surface area contributed by atoms with Crippen molar-refractivity contribution in [1.82, 2.24) is 15.5 Å². The van der Waals surface area contributed by atoms with E-state index in [9.17, 15) is 9.59 Å². The van der Waals surface area contributed by atoms with E-state index in [2.05, 4.69) is 27.7 Å². The number of hydrogen-bond donors (Lipinski definition) is 2. The molecule has 0 unspecified atom stereocenters. The second-order valence-corrected chi connectivity index (χ2v) is 8.91. The summed E-state index contributed by atoms with van der Waals surface area (Å²) in [6, 6.07) is 14.5. The van der Waals surface area contributed by atoms with Gasteiger partial charge in [-0.05, 0) is 55.1 Å².